The van der Waals surface area contributed by atoms with Crippen molar-refractivity contribution in [1.82, 2.24) is 14.2 Å². The maximum absolute atomic E-state index is 12.8. The number of pyridine rings is 1. The Balaban J connectivity index is 1.66. The van der Waals surface area contributed by atoms with Gasteiger partial charge in [0.25, 0.3) is 0 Å². The summed E-state index contributed by atoms with van der Waals surface area (Å²) in [6.07, 6.45) is 1.74. The summed E-state index contributed by atoms with van der Waals surface area (Å²) in [5.41, 5.74) is 1.05. The van der Waals surface area contributed by atoms with Crippen molar-refractivity contribution >= 4 is 49.2 Å². The second kappa shape index (κ2) is 7.90. The fraction of sp³-hybridized carbons (Fsp3) is 0.312. The molecule has 1 fully saturated rings. The monoisotopic (exact) mass is 463 g/mol. The largest absolute Gasteiger partial charge is 0.296 e. The van der Waals surface area contributed by atoms with Crippen LogP contribution in [0.5, 0.6) is 0 Å². The molecule has 2 aromatic rings. The highest BCUT2D eigenvalue weighted by atomic mass is 79.9. The van der Waals surface area contributed by atoms with Crippen molar-refractivity contribution in [3.63, 3.8) is 0 Å². The first kappa shape index (κ1) is 19.1. The predicted molar refractivity (Wildman–Crippen MR) is 102 cm³/mol. The molecule has 3 rings (SSSR count). The summed E-state index contributed by atoms with van der Waals surface area (Å²) in [5, 5.41) is 0.690. The first-order valence-corrected chi connectivity index (χ1v) is 10.6. The van der Waals surface area contributed by atoms with E-state index in [2.05, 4.69) is 25.8 Å². The van der Waals surface area contributed by atoms with Crippen LogP contribution < -0.4 is 0 Å². The molecule has 0 bridgehead atoms. The number of halogens is 3. The van der Waals surface area contributed by atoms with Crippen molar-refractivity contribution in [2.45, 2.75) is 11.4 Å². The lowest BCUT2D eigenvalue weighted by Gasteiger charge is -2.34. The van der Waals surface area contributed by atoms with Gasteiger partial charge in [-0.3, -0.25) is 4.90 Å². The standard InChI is InChI=1S/C16H16BrCl2N3O2S/c17-13-2-3-15(14(18)9-13)25(23,24)22-7-5-21(6-8-22)11-12-1-4-16(19)20-10-12/h1-4,9-10H,5-8,11H2. The minimum absolute atomic E-state index is 0.146. The molecule has 0 aliphatic carbocycles. The first-order valence-electron chi connectivity index (χ1n) is 7.64. The van der Waals surface area contributed by atoms with Crippen LogP contribution in [-0.4, -0.2) is 48.8 Å². The Hall–Kier alpha value is -0.700. The van der Waals surface area contributed by atoms with Crippen LogP contribution in [0.15, 0.2) is 45.9 Å². The molecule has 1 aliphatic rings. The lowest BCUT2D eigenvalue weighted by atomic mass is 10.2. The van der Waals surface area contributed by atoms with Gasteiger partial charge in [0, 0.05) is 43.4 Å². The summed E-state index contributed by atoms with van der Waals surface area (Å²) in [5.74, 6) is 0. The van der Waals surface area contributed by atoms with E-state index in [1.165, 1.54) is 10.4 Å². The molecule has 25 heavy (non-hydrogen) atoms. The Kier molecular flexibility index (Phi) is 6.03. The molecular weight excluding hydrogens is 449 g/mol. The van der Waals surface area contributed by atoms with E-state index in [4.69, 9.17) is 23.2 Å². The Bertz CT molecular complexity index is 854. The molecule has 1 aliphatic heterocycles. The fourth-order valence-corrected chi connectivity index (χ4v) is 5.25. The summed E-state index contributed by atoms with van der Waals surface area (Å²) in [6, 6.07) is 8.50. The second-order valence-corrected chi connectivity index (χ2v) is 9.36. The Morgan fingerprint density at radius 2 is 1.80 bits per heavy atom. The van der Waals surface area contributed by atoms with Gasteiger partial charge in [0.2, 0.25) is 10.0 Å². The van der Waals surface area contributed by atoms with Crippen LogP contribution in [0.25, 0.3) is 0 Å². The highest BCUT2D eigenvalue weighted by Gasteiger charge is 2.30. The smallest absolute Gasteiger partial charge is 0.244 e. The molecule has 0 unspecified atom stereocenters. The number of nitrogens with zero attached hydrogens (tertiary/aromatic N) is 3. The SMILES string of the molecule is O=S(=O)(c1ccc(Br)cc1Cl)N1CCN(Cc2ccc(Cl)nc2)CC1. The van der Waals surface area contributed by atoms with E-state index in [0.717, 1.165) is 16.6 Å². The molecule has 5 nitrogen and oxygen atoms in total. The lowest BCUT2D eigenvalue weighted by Crippen LogP contribution is -2.48. The van der Waals surface area contributed by atoms with E-state index in [1.807, 2.05) is 6.07 Å². The van der Waals surface area contributed by atoms with Gasteiger partial charge in [-0.1, -0.05) is 45.2 Å². The average Bonchev–Trinajstić information content (AvgIpc) is 2.57. The van der Waals surface area contributed by atoms with Crippen LogP contribution in [0.3, 0.4) is 0 Å². The van der Waals surface area contributed by atoms with Gasteiger partial charge in [0.05, 0.1) is 5.02 Å². The molecule has 1 aromatic carbocycles. The number of aromatic nitrogens is 1. The van der Waals surface area contributed by atoms with Crippen molar-refractivity contribution in [2.24, 2.45) is 0 Å². The molecule has 0 spiro atoms. The summed E-state index contributed by atoms with van der Waals surface area (Å²) in [4.78, 5) is 6.41. The zero-order chi connectivity index (χ0) is 18.0. The van der Waals surface area contributed by atoms with Gasteiger partial charge in [0.15, 0.2) is 0 Å². The van der Waals surface area contributed by atoms with Crippen LogP contribution in [0, 0.1) is 0 Å². The number of benzene rings is 1. The summed E-state index contributed by atoms with van der Waals surface area (Å²) in [7, 11) is -3.59. The molecule has 0 saturated carbocycles. The molecule has 0 atom stereocenters. The normalized spacial score (nSPS) is 16.9. The molecule has 1 aromatic heterocycles. The topological polar surface area (TPSA) is 53.5 Å². The summed E-state index contributed by atoms with van der Waals surface area (Å²) >= 11 is 15.2. The van der Waals surface area contributed by atoms with Gasteiger partial charge in [-0.15, -0.1) is 0 Å². The number of hydrogen-bond donors (Lipinski definition) is 0. The van der Waals surface area contributed by atoms with Crippen molar-refractivity contribution in [3.05, 3.63) is 56.7 Å². The number of sulfonamides is 1. The summed E-state index contributed by atoms with van der Waals surface area (Å²) < 4.78 is 27.8. The third-order valence-electron chi connectivity index (χ3n) is 4.04. The molecule has 1 saturated heterocycles. The van der Waals surface area contributed by atoms with Crippen LogP contribution in [0.1, 0.15) is 5.56 Å². The molecule has 0 N–H and O–H groups in total. The molecule has 134 valence electrons. The van der Waals surface area contributed by atoms with Gasteiger partial charge >= 0.3 is 0 Å². The van der Waals surface area contributed by atoms with Crippen molar-refractivity contribution < 1.29 is 8.42 Å². The number of piperazine rings is 1. The molecular formula is C16H16BrCl2N3O2S. The van der Waals surface area contributed by atoms with Crippen LogP contribution in [-0.2, 0) is 16.6 Å². The average molecular weight is 465 g/mol. The zero-order valence-electron chi connectivity index (χ0n) is 13.2. The lowest BCUT2D eigenvalue weighted by molar-refractivity contribution is 0.181. The zero-order valence-corrected chi connectivity index (χ0v) is 17.1. The highest BCUT2D eigenvalue weighted by molar-refractivity contribution is 9.10. The van der Waals surface area contributed by atoms with Crippen molar-refractivity contribution in [2.75, 3.05) is 26.2 Å². The van der Waals surface area contributed by atoms with Gasteiger partial charge in [-0.25, -0.2) is 13.4 Å². The van der Waals surface area contributed by atoms with Crippen LogP contribution >= 0.6 is 39.1 Å². The van der Waals surface area contributed by atoms with E-state index < -0.39 is 10.0 Å². The van der Waals surface area contributed by atoms with Gasteiger partial charge < -0.3 is 0 Å². The van der Waals surface area contributed by atoms with Crippen LogP contribution in [0.2, 0.25) is 10.2 Å². The van der Waals surface area contributed by atoms with E-state index in [1.54, 1.807) is 24.4 Å². The van der Waals surface area contributed by atoms with E-state index in [0.29, 0.717) is 31.3 Å². The van der Waals surface area contributed by atoms with Gasteiger partial charge in [-0.2, -0.15) is 4.31 Å². The maximum Gasteiger partial charge on any atom is 0.244 e. The number of rotatable bonds is 4. The van der Waals surface area contributed by atoms with Crippen molar-refractivity contribution in [3.8, 4) is 0 Å². The quantitative estimate of drug-likeness (QED) is 0.648. The van der Waals surface area contributed by atoms with E-state index >= 15 is 0 Å². The summed E-state index contributed by atoms with van der Waals surface area (Å²) in [6.45, 7) is 2.87. The van der Waals surface area contributed by atoms with E-state index in [9.17, 15) is 8.42 Å². The number of hydrogen-bond acceptors (Lipinski definition) is 4. The molecule has 9 heteroatoms. The van der Waals surface area contributed by atoms with E-state index in [-0.39, 0.29) is 9.92 Å². The minimum Gasteiger partial charge on any atom is -0.296 e. The van der Waals surface area contributed by atoms with Gasteiger partial charge in [-0.05, 0) is 29.8 Å². The van der Waals surface area contributed by atoms with Gasteiger partial charge in [0.1, 0.15) is 10.0 Å². The Morgan fingerprint density at radius 3 is 2.40 bits per heavy atom. The Labute approximate surface area is 165 Å². The molecule has 0 amide bonds. The Morgan fingerprint density at radius 1 is 1.08 bits per heavy atom. The maximum atomic E-state index is 12.8. The minimum atomic E-state index is -3.59. The third-order valence-corrected chi connectivity index (χ3v) is 7.14. The second-order valence-electron chi connectivity index (χ2n) is 5.74. The molecule has 0 radical (unpaired) electrons. The highest BCUT2D eigenvalue weighted by Crippen LogP contribution is 2.28. The molecule has 2 heterocycles. The first-order chi connectivity index (χ1) is 11.9. The van der Waals surface area contributed by atoms with Crippen LogP contribution in [0.4, 0.5) is 0 Å². The third kappa shape index (κ3) is 4.53. The predicted octanol–water partition coefficient (Wildman–Crippen LogP) is 3.66. The van der Waals surface area contributed by atoms with Crippen molar-refractivity contribution in [1.29, 1.82) is 0 Å². The fourth-order valence-electron chi connectivity index (χ4n) is 2.71.